The van der Waals surface area contributed by atoms with Crippen LogP contribution in [0.2, 0.25) is 0 Å². The van der Waals surface area contributed by atoms with E-state index in [1.807, 2.05) is 4.90 Å². The Hall–Kier alpha value is -3.38. The van der Waals surface area contributed by atoms with Crippen LogP contribution >= 0.6 is 12.2 Å². The Morgan fingerprint density at radius 3 is 2.49 bits per heavy atom. The fourth-order valence-electron chi connectivity index (χ4n) is 5.00. The number of benzene rings is 2. The van der Waals surface area contributed by atoms with Gasteiger partial charge in [0, 0.05) is 25.2 Å². The molecule has 9 heteroatoms. The number of amides is 2. The number of thiocarbonyl (C=S) groups is 1. The third-order valence-electron chi connectivity index (χ3n) is 7.21. The Bertz CT molecular complexity index is 1300. The van der Waals surface area contributed by atoms with E-state index >= 15 is 8.78 Å². The van der Waals surface area contributed by atoms with Gasteiger partial charge in [0.2, 0.25) is 5.91 Å². The second-order valence-electron chi connectivity index (χ2n) is 10.0. The second-order valence-corrected chi connectivity index (χ2v) is 10.4. The van der Waals surface area contributed by atoms with Gasteiger partial charge in [0.1, 0.15) is 17.2 Å². The highest BCUT2D eigenvalue weighted by Crippen LogP contribution is 2.39. The molecule has 0 saturated carbocycles. The number of carbonyl (C=O) groups excluding carboxylic acids is 2. The van der Waals surface area contributed by atoms with Crippen molar-refractivity contribution in [1.29, 1.82) is 0 Å². The van der Waals surface area contributed by atoms with E-state index in [4.69, 9.17) is 18.8 Å². The van der Waals surface area contributed by atoms with Gasteiger partial charge in [0.15, 0.2) is 10.8 Å². The quantitative estimate of drug-likeness (QED) is 0.340. The molecule has 2 aliphatic rings. The average molecular weight is 525 g/mol. The predicted molar refractivity (Wildman–Crippen MR) is 144 cm³/mol. The number of nitrogens with zero attached hydrogens (tertiary/aromatic N) is 4. The zero-order valence-electron chi connectivity index (χ0n) is 21.3. The van der Waals surface area contributed by atoms with Crippen LogP contribution in [0.1, 0.15) is 57.1 Å². The third kappa shape index (κ3) is 4.95. The van der Waals surface area contributed by atoms with E-state index in [1.54, 1.807) is 26.0 Å². The van der Waals surface area contributed by atoms with Crippen LogP contribution in [0.15, 0.2) is 30.3 Å². The van der Waals surface area contributed by atoms with Crippen molar-refractivity contribution < 1.29 is 18.4 Å². The number of anilines is 2. The molecular weight excluding hydrogens is 494 g/mol. The molecule has 2 saturated heterocycles. The molecule has 0 unspecified atom stereocenters. The van der Waals surface area contributed by atoms with Crippen LogP contribution in [0, 0.1) is 25.1 Å². The number of rotatable bonds is 6. The van der Waals surface area contributed by atoms with Gasteiger partial charge in [-0.15, -0.1) is 0 Å². The number of piperidine rings is 1. The Balaban J connectivity index is 1.52. The van der Waals surface area contributed by atoms with Crippen molar-refractivity contribution in [1.82, 2.24) is 4.90 Å². The number of aryl methyl sites for hydroxylation is 1. The van der Waals surface area contributed by atoms with E-state index in [-0.39, 0.29) is 28.0 Å². The van der Waals surface area contributed by atoms with Crippen LogP contribution in [-0.4, -0.2) is 40.5 Å². The van der Waals surface area contributed by atoms with Crippen LogP contribution in [0.4, 0.5) is 25.8 Å². The molecule has 0 bridgehead atoms. The number of carbonyl (C=O) groups is 2. The number of halogens is 2. The first kappa shape index (κ1) is 26.7. The van der Waals surface area contributed by atoms with E-state index < -0.39 is 23.1 Å². The molecular formula is C28H30F2N4O2S. The maximum Gasteiger partial charge on any atom is 0.259 e. The summed E-state index contributed by atoms with van der Waals surface area (Å²) in [6.45, 7) is 13.6. The molecule has 0 spiro atoms. The van der Waals surface area contributed by atoms with Crippen molar-refractivity contribution in [3.8, 4) is 0 Å². The molecule has 2 aromatic carbocycles. The molecule has 0 N–H and O–H groups in total. The van der Waals surface area contributed by atoms with Gasteiger partial charge in [-0.05, 0) is 94.4 Å². The highest BCUT2D eigenvalue weighted by atomic mass is 32.1. The van der Waals surface area contributed by atoms with Crippen molar-refractivity contribution in [3.05, 3.63) is 64.5 Å². The lowest BCUT2D eigenvalue weighted by molar-refractivity contribution is -0.132. The van der Waals surface area contributed by atoms with Crippen molar-refractivity contribution in [3.63, 3.8) is 0 Å². The molecule has 2 aromatic rings. The predicted octanol–water partition coefficient (Wildman–Crippen LogP) is 6.08. The maximum absolute atomic E-state index is 15.1. The van der Waals surface area contributed by atoms with E-state index in [2.05, 4.69) is 4.85 Å². The summed E-state index contributed by atoms with van der Waals surface area (Å²) in [6.07, 6.45) is 4.58. The fraction of sp³-hybridized carbons (Fsp3) is 0.429. The summed E-state index contributed by atoms with van der Waals surface area (Å²) in [7, 11) is 0. The SMILES string of the molecule is [C-]#[N+]c1ccc(N2C(=O)C(C)(C)N(c3ccc(CCCC(=O)N4CCCCC4)c(F)c3)C2=S)c(F)c1C. The summed E-state index contributed by atoms with van der Waals surface area (Å²) in [5.74, 6) is -1.48. The molecule has 0 atom stereocenters. The summed E-state index contributed by atoms with van der Waals surface area (Å²) < 4.78 is 30.3. The molecule has 2 aliphatic heterocycles. The standard InChI is InChI=1S/C28H30F2N4O2S/c1-18-22(31-4)13-14-23(25(18)30)33-26(36)28(2,3)34(27(33)37)20-12-11-19(21(29)17-20)9-8-10-24(35)32-15-6-5-7-16-32/h11-14,17H,5-10,15-16H2,1-3H3. The molecule has 2 amide bonds. The molecule has 6 nitrogen and oxygen atoms in total. The van der Waals surface area contributed by atoms with E-state index in [1.165, 1.54) is 30.0 Å². The van der Waals surface area contributed by atoms with Gasteiger partial charge < -0.3 is 9.80 Å². The fourth-order valence-corrected chi connectivity index (χ4v) is 5.52. The van der Waals surface area contributed by atoms with Gasteiger partial charge in [-0.25, -0.2) is 13.6 Å². The van der Waals surface area contributed by atoms with Crippen LogP contribution in [0.25, 0.3) is 4.85 Å². The lowest BCUT2D eigenvalue weighted by Crippen LogP contribution is -2.44. The Morgan fingerprint density at radius 2 is 1.84 bits per heavy atom. The van der Waals surface area contributed by atoms with Gasteiger partial charge in [-0.3, -0.25) is 14.5 Å². The smallest absolute Gasteiger partial charge is 0.259 e. The topological polar surface area (TPSA) is 48.2 Å². The Kier molecular flexibility index (Phi) is 7.60. The molecule has 194 valence electrons. The zero-order valence-corrected chi connectivity index (χ0v) is 22.1. The average Bonchev–Trinajstić information content (AvgIpc) is 3.05. The van der Waals surface area contributed by atoms with E-state index in [0.29, 0.717) is 30.5 Å². The molecule has 37 heavy (non-hydrogen) atoms. The van der Waals surface area contributed by atoms with Crippen molar-refractivity contribution in [2.24, 2.45) is 0 Å². The third-order valence-corrected chi connectivity index (χ3v) is 7.57. The maximum atomic E-state index is 15.1. The number of hydrogen-bond donors (Lipinski definition) is 0. The van der Waals surface area contributed by atoms with Crippen LogP contribution in [-0.2, 0) is 16.0 Å². The van der Waals surface area contributed by atoms with Crippen LogP contribution < -0.4 is 9.80 Å². The molecule has 2 heterocycles. The number of hydrogen-bond acceptors (Lipinski definition) is 3. The van der Waals surface area contributed by atoms with Crippen LogP contribution in [0.5, 0.6) is 0 Å². The van der Waals surface area contributed by atoms with Gasteiger partial charge in [0.05, 0.1) is 12.3 Å². The summed E-state index contributed by atoms with van der Waals surface area (Å²) in [4.78, 5) is 33.6. The summed E-state index contributed by atoms with van der Waals surface area (Å²) in [5.41, 5.74) is -0.0705. The van der Waals surface area contributed by atoms with E-state index in [9.17, 15) is 9.59 Å². The lowest BCUT2D eigenvalue weighted by Gasteiger charge is -2.29. The first-order valence-corrected chi connectivity index (χ1v) is 12.9. The minimum Gasteiger partial charge on any atom is -0.343 e. The van der Waals surface area contributed by atoms with Crippen molar-refractivity contribution >= 4 is 46.2 Å². The Labute approximate surface area is 221 Å². The molecule has 4 rings (SSSR count). The summed E-state index contributed by atoms with van der Waals surface area (Å²) in [6, 6.07) is 7.50. The Morgan fingerprint density at radius 1 is 1.14 bits per heavy atom. The first-order valence-electron chi connectivity index (χ1n) is 12.5. The monoisotopic (exact) mass is 524 g/mol. The van der Waals surface area contributed by atoms with E-state index in [0.717, 1.165) is 37.3 Å². The van der Waals surface area contributed by atoms with Crippen molar-refractivity contribution in [2.75, 3.05) is 22.9 Å². The summed E-state index contributed by atoms with van der Waals surface area (Å²) in [5, 5.41) is 0.0307. The summed E-state index contributed by atoms with van der Waals surface area (Å²) >= 11 is 5.59. The first-order chi connectivity index (χ1) is 17.6. The molecule has 0 radical (unpaired) electrons. The van der Waals surface area contributed by atoms with Gasteiger partial charge in [-0.1, -0.05) is 12.1 Å². The second kappa shape index (κ2) is 10.5. The molecule has 0 aromatic heterocycles. The highest BCUT2D eigenvalue weighted by Gasteiger charge is 2.51. The normalized spacial score (nSPS) is 17.4. The minimum absolute atomic E-state index is 0.0307. The van der Waals surface area contributed by atoms with Gasteiger partial charge in [0.25, 0.3) is 5.91 Å². The molecule has 2 fully saturated rings. The van der Waals surface area contributed by atoms with Gasteiger partial charge >= 0.3 is 0 Å². The minimum atomic E-state index is -1.19. The van der Waals surface area contributed by atoms with Crippen molar-refractivity contribution in [2.45, 2.75) is 64.8 Å². The largest absolute Gasteiger partial charge is 0.343 e. The molecule has 0 aliphatic carbocycles. The highest BCUT2D eigenvalue weighted by molar-refractivity contribution is 7.81. The van der Waals surface area contributed by atoms with Gasteiger partial charge in [-0.2, -0.15) is 0 Å². The lowest BCUT2D eigenvalue weighted by atomic mass is 10.0. The number of likely N-dealkylation sites (tertiary alicyclic amines) is 1. The zero-order chi connectivity index (χ0) is 26.9. The van der Waals surface area contributed by atoms with Crippen LogP contribution in [0.3, 0.4) is 0 Å².